The van der Waals surface area contributed by atoms with Crippen LogP contribution in [0.5, 0.6) is 0 Å². The van der Waals surface area contributed by atoms with Crippen molar-refractivity contribution in [1.29, 1.82) is 0 Å². The van der Waals surface area contributed by atoms with Crippen molar-refractivity contribution in [2.45, 2.75) is 19.9 Å². The van der Waals surface area contributed by atoms with E-state index in [4.69, 9.17) is 0 Å². The van der Waals surface area contributed by atoms with Crippen LogP contribution in [0.4, 0.5) is 0 Å². The lowest BCUT2D eigenvalue weighted by Gasteiger charge is -2.10. The van der Waals surface area contributed by atoms with Crippen LogP contribution in [-0.4, -0.2) is 43.0 Å². The fourth-order valence-electron chi connectivity index (χ4n) is 0.498. The fraction of sp³-hybridized carbons (Fsp3) is 0.857. The fourth-order valence-corrected chi connectivity index (χ4v) is 0.498. The zero-order valence-electron chi connectivity index (χ0n) is 7.05. The summed E-state index contributed by atoms with van der Waals surface area (Å²) < 4.78 is 2.04. The molecule has 0 fully saturated rings. The van der Waals surface area contributed by atoms with Gasteiger partial charge in [-0.15, -0.1) is 0 Å². The Bertz CT molecular complexity index is 101. The third-order valence-corrected chi connectivity index (χ3v) is 1.23. The summed E-state index contributed by atoms with van der Waals surface area (Å²) in [6.45, 7) is 4.33. The molecule has 0 spiro atoms. The summed E-state index contributed by atoms with van der Waals surface area (Å²) in [7, 11) is 6.13. The van der Waals surface area contributed by atoms with Crippen LogP contribution in [0.1, 0.15) is 13.8 Å². The molecule has 0 saturated carbocycles. The number of hydrogen-bond acceptors (Lipinski definition) is 0. The molecule has 54 valence electrons. The third-order valence-electron chi connectivity index (χ3n) is 1.23. The van der Waals surface area contributed by atoms with Crippen molar-refractivity contribution in [2.75, 3.05) is 21.1 Å². The summed E-state index contributed by atoms with van der Waals surface area (Å²) in [5, 5.41) is 0. The van der Waals surface area contributed by atoms with Gasteiger partial charge < -0.3 is 0 Å². The maximum atomic E-state index is 2.17. The van der Waals surface area contributed by atoms with E-state index in [-0.39, 0.29) is 0 Å². The van der Waals surface area contributed by atoms with Crippen LogP contribution in [0.3, 0.4) is 0 Å². The highest BCUT2D eigenvalue weighted by Gasteiger charge is 2.02. The molecule has 2 heteroatoms. The number of rotatable bonds is 2. The lowest BCUT2D eigenvalue weighted by atomic mass is 10.4. The Balaban J connectivity index is 3.76. The van der Waals surface area contributed by atoms with Crippen LogP contribution in [0.25, 0.3) is 0 Å². The van der Waals surface area contributed by atoms with Crippen molar-refractivity contribution in [3.05, 3.63) is 0 Å². The molecule has 0 aromatic heterocycles. The molecule has 0 aliphatic carbocycles. The summed E-state index contributed by atoms with van der Waals surface area (Å²) in [5.74, 6) is 0. The first kappa shape index (κ1) is 8.47. The maximum Gasteiger partial charge on any atom is 0.233 e. The van der Waals surface area contributed by atoms with Crippen molar-refractivity contribution >= 4 is 6.34 Å². The lowest BCUT2D eigenvalue weighted by Crippen LogP contribution is -2.28. The number of hydrogen-bond donors (Lipinski definition) is 0. The molecule has 9 heavy (non-hydrogen) atoms. The highest BCUT2D eigenvalue weighted by Crippen LogP contribution is 1.86. The molecule has 0 N–H and O–H groups in total. The van der Waals surface area contributed by atoms with Gasteiger partial charge in [-0.25, -0.2) is 0 Å². The minimum Gasteiger partial charge on any atom is -0.274 e. The van der Waals surface area contributed by atoms with Crippen LogP contribution in [0.15, 0.2) is 0 Å². The average molecular weight is 129 g/mol. The predicted molar refractivity (Wildman–Crippen MR) is 41.1 cm³/mol. The smallest absolute Gasteiger partial charge is 0.233 e. The van der Waals surface area contributed by atoms with Crippen LogP contribution in [0, 0.1) is 0 Å². The van der Waals surface area contributed by atoms with Gasteiger partial charge in [-0.2, -0.15) is 0 Å². The van der Waals surface area contributed by atoms with Crippen LogP contribution < -0.4 is 0 Å². The molecule has 0 saturated heterocycles. The Labute approximate surface area is 57.8 Å². The average Bonchev–Trinajstić information content (AvgIpc) is 1.63. The summed E-state index contributed by atoms with van der Waals surface area (Å²) >= 11 is 0. The Morgan fingerprint density at radius 2 is 1.78 bits per heavy atom. The highest BCUT2D eigenvalue weighted by atomic mass is 15.2. The van der Waals surface area contributed by atoms with Gasteiger partial charge in [0.25, 0.3) is 0 Å². The minimum absolute atomic E-state index is 0.590. The molecule has 2 nitrogen and oxygen atoms in total. The summed E-state index contributed by atoms with van der Waals surface area (Å²) in [6, 6.07) is 0.590. The molecule has 0 atom stereocenters. The van der Waals surface area contributed by atoms with Gasteiger partial charge in [0.1, 0.15) is 0 Å². The molecule has 0 radical (unpaired) electrons. The SMILES string of the molecule is CC(C)N(C)C=[N+](C)C. The van der Waals surface area contributed by atoms with E-state index in [1.807, 2.05) is 18.7 Å². The summed E-state index contributed by atoms with van der Waals surface area (Å²) in [5.41, 5.74) is 0. The van der Waals surface area contributed by atoms with E-state index in [0.29, 0.717) is 6.04 Å². The maximum absolute atomic E-state index is 2.17. The van der Waals surface area contributed by atoms with Gasteiger partial charge in [0.2, 0.25) is 6.34 Å². The normalized spacial score (nSPS) is 9.56. The van der Waals surface area contributed by atoms with E-state index >= 15 is 0 Å². The van der Waals surface area contributed by atoms with Gasteiger partial charge >= 0.3 is 0 Å². The van der Waals surface area contributed by atoms with Gasteiger partial charge in [0.15, 0.2) is 0 Å². The van der Waals surface area contributed by atoms with E-state index in [0.717, 1.165) is 0 Å². The summed E-state index contributed by atoms with van der Waals surface area (Å²) in [6.07, 6.45) is 2.07. The van der Waals surface area contributed by atoms with E-state index in [9.17, 15) is 0 Å². The Morgan fingerprint density at radius 1 is 1.33 bits per heavy atom. The lowest BCUT2D eigenvalue weighted by molar-refractivity contribution is -0.464. The molecule has 0 aromatic carbocycles. The van der Waals surface area contributed by atoms with E-state index in [1.165, 1.54) is 0 Å². The van der Waals surface area contributed by atoms with Gasteiger partial charge in [-0.3, -0.25) is 9.48 Å². The topological polar surface area (TPSA) is 6.25 Å². The van der Waals surface area contributed by atoms with Crippen LogP contribution >= 0.6 is 0 Å². The molecular weight excluding hydrogens is 112 g/mol. The second kappa shape index (κ2) is 3.49. The molecule has 0 bridgehead atoms. The highest BCUT2D eigenvalue weighted by molar-refractivity contribution is 5.48. The molecule has 0 aliphatic heterocycles. The molecule has 0 rings (SSSR count). The van der Waals surface area contributed by atoms with Crippen molar-refractivity contribution in [2.24, 2.45) is 0 Å². The summed E-state index contributed by atoms with van der Waals surface area (Å²) in [4.78, 5) is 2.17. The zero-order valence-corrected chi connectivity index (χ0v) is 7.05. The molecule has 0 unspecified atom stereocenters. The molecular formula is C7H17N2+. The molecule has 0 amide bonds. The number of nitrogens with zero attached hydrogens (tertiary/aromatic N) is 2. The van der Waals surface area contributed by atoms with Gasteiger partial charge in [0, 0.05) is 0 Å². The van der Waals surface area contributed by atoms with Gasteiger partial charge in [-0.05, 0) is 13.8 Å². The van der Waals surface area contributed by atoms with Crippen molar-refractivity contribution in [1.82, 2.24) is 4.90 Å². The first-order valence-electron chi connectivity index (χ1n) is 3.27. The Hall–Kier alpha value is -0.530. The monoisotopic (exact) mass is 129 g/mol. The van der Waals surface area contributed by atoms with E-state index in [2.05, 4.69) is 32.1 Å². The van der Waals surface area contributed by atoms with Crippen molar-refractivity contribution in [3.63, 3.8) is 0 Å². The van der Waals surface area contributed by atoms with Crippen LogP contribution in [0.2, 0.25) is 0 Å². The minimum atomic E-state index is 0.590. The largest absolute Gasteiger partial charge is 0.274 e. The quantitative estimate of drug-likeness (QED) is 0.301. The molecule has 0 aliphatic rings. The van der Waals surface area contributed by atoms with E-state index in [1.54, 1.807) is 0 Å². The van der Waals surface area contributed by atoms with Crippen molar-refractivity contribution in [3.8, 4) is 0 Å². The third kappa shape index (κ3) is 4.01. The van der Waals surface area contributed by atoms with Gasteiger partial charge in [0.05, 0.1) is 27.2 Å². The second-order valence-corrected chi connectivity index (χ2v) is 2.84. The first-order valence-corrected chi connectivity index (χ1v) is 3.27. The predicted octanol–water partition coefficient (Wildman–Crippen LogP) is 0.627. The molecule has 0 heterocycles. The first-order chi connectivity index (χ1) is 4.04. The Kier molecular flexibility index (Phi) is 3.28. The van der Waals surface area contributed by atoms with Crippen LogP contribution in [-0.2, 0) is 0 Å². The zero-order chi connectivity index (χ0) is 7.44. The second-order valence-electron chi connectivity index (χ2n) is 2.84. The standard InChI is InChI=1S/C7H17N2/c1-7(2)9(5)6-8(3)4/h6-7H,1-5H3/q+1. The van der Waals surface area contributed by atoms with Crippen molar-refractivity contribution < 1.29 is 4.58 Å². The van der Waals surface area contributed by atoms with Gasteiger partial charge in [-0.1, -0.05) is 0 Å². The molecule has 0 aromatic rings. The Morgan fingerprint density at radius 3 is 1.89 bits per heavy atom. The van der Waals surface area contributed by atoms with E-state index < -0.39 is 0 Å².